The lowest BCUT2D eigenvalue weighted by Crippen LogP contribution is -2.29. The first-order valence-corrected chi connectivity index (χ1v) is 11.0. The highest BCUT2D eigenvalue weighted by molar-refractivity contribution is 5.80. The number of hydrogen-bond donors (Lipinski definition) is 0. The molecule has 2 nitrogen and oxygen atoms in total. The van der Waals surface area contributed by atoms with E-state index in [0.717, 1.165) is 0 Å². The smallest absolute Gasteiger partial charge is 0.232 e. The van der Waals surface area contributed by atoms with E-state index in [9.17, 15) is 0 Å². The maximum absolute atomic E-state index is 2.33. The molecule has 0 N–H and O–H groups in total. The minimum atomic E-state index is 1.18. The van der Waals surface area contributed by atoms with E-state index in [0.29, 0.717) is 0 Å². The van der Waals surface area contributed by atoms with Gasteiger partial charge in [-0.2, -0.15) is 4.57 Å². The number of rotatable bonds is 4. The summed E-state index contributed by atoms with van der Waals surface area (Å²) in [6, 6.07) is 34.5. The molecule has 0 spiro atoms. The summed E-state index contributed by atoms with van der Waals surface area (Å²) in [5.74, 6) is 1.18. The fourth-order valence-electron chi connectivity index (χ4n) is 4.48. The highest BCUT2D eigenvalue weighted by Crippen LogP contribution is 2.35. The lowest BCUT2D eigenvalue weighted by molar-refractivity contribution is -0.659. The van der Waals surface area contributed by atoms with Crippen molar-refractivity contribution in [3.8, 4) is 39.3 Å². The van der Waals surface area contributed by atoms with Crippen LogP contribution in [0.1, 0.15) is 11.1 Å². The van der Waals surface area contributed by atoms with Crippen LogP contribution in [-0.2, 0) is 7.05 Å². The SMILES string of the molecule is Cc1ccccc1-c1n(-c2cc(-c3ccccc3)cc(-c3ccccc3)c2C)cc[n+]1C. The summed E-state index contributed by atoms with van der Waals surface area (Å²) in [4.78, 5) is 0. The van der Waals surface area contributed by atoms with Crippen molar-refractivity contribution in [2.75, 3.05) is 0 Å². The van der Waals surface area contributed by atoms with Gasteiger partial charge in [0, 0.05) is 5.56 Å². The standard InChI is InChI=1S/C30H27N2/c1-22-12-10-11-17-27(22)30-31(3)18-19-32(30)29-21-26(24-13-6-4-7-14-24)20-28(23(29)2)25-15-8-5-9-16-25/h4-21H,1-3H3/q+1. The number of nitrogens with zero attached hydrogens (tertiary/aromatic N) is 2. The Kier molecular flexibility index (Phi) is 5.20. The molecule has 0 aliphatic carbocycles. The number of imidazole rings is 1. The molecular weight excluding hydrogens is 388 g/mol. The van der Waals surface area contributed by atoms with Crippen molar-refractivity contribution in [1.29, 1.82) is 0 Å². The molecule has 2 heteroatoms. The van der Waals surface area contributed by atoms with Crippen LogP contribution >= 0.6 is 0 Å². The van der Waals surface area contributed by atoms with Gasteiger partial charge in [-0.15, -0.1) is 0 Å². The Morgan fingerprint density at radius 1 is 0.625 bits per heavy atom. The summed E-state index contributed by atoms with van der Waals surface area (Å²) in [5.41, 5.74) is 9.91. The highest BCUT2D eigenvalue weighted by Gasteiger charge is 2.23. The molecule has 156 valence electrons. The predicted molar refractivity (Wildman–Crippen MR) is 133 cm³/mol. The third-order valence-electron chi connectivity index (χ3n) is 6.22. The number of aromatic nitrogens is 2. The molecule has 0 saturated heterocycles. The molecule has 0 atom stereocenters. The summed E-state index contributed by atoms with van der Waals surface area (Å²) in [5, 5.41) is 0. The number of hydrogen-bond acceptors (Lipinski definition) is 0. The lowest BCUT2D eigenvalue weighted by Gasteiger charge is -2.15. The van der Waals surface area contributed by atoms with Gasteiger partial charge in [0.25, 0.3) is 5.82 Å². The molecule has 4 aromatic carbocycles. The van der Waals surface area contributed by atoms with Crippen molar-refractivity contribution in [1.82, 2.24) is 4.57 Å². The summed E-state index contributed by atoms with van der Waals surface area (Å²) in [6.07, 6.45) is 4.31. The first-order valence-electron chi connectivity index (χ1n) is 11.0. The van der Waals surface area contributed by atoms with E-state index in [1.165, 1.54) is 50.5 Å². The lowest BCUT2D eigenvalue weighted by atomic mass is 9.93. The Morgan fingerprint density at radius 2 is 1.25 bits per heavy atom. The Hall–Kier alpha value is -3.91. The second kappa shape index (κ2) is 8.32. The minimum Gasteiger partial charge on any atom is -0.232 e. The highest BCUT2D eigenvalue weighted by atomic mass is 15.1. The summed E-state index contributed by atoms with van der Waals surface area (Å²) >= 11 is 0. The Labute approximate surface area is 190 Å². The first-order chi connectivity index (χ1) is 15.6. The molecule has 0 unspecified atom stereocenters. The second-order valence-corrected chi connectivity index (χ2v) is 8.32. The van der Waals surface area contributed by atoms with Crippen LogP contribution in [0.3, 0.4) is 0 Å². The van der Waals surface area contributed by atoms with Gasteiger partial charge in [-0.25, -0.2) is 4.57 Å². The molecule has 0 aliphatic rings. The van der Waals surface area contributed by atoms with Crippen LogP contribution in [0.5, 0.6) is 0 Å². The summed E-state index contributed by atoms with van der Waals surface area (Å²) in [7, 11) is 2.12. The van der Waals surface area contributed by atoms with E-state index in [-0.39, 0.29) is 0 Å². The normalized spacial score (nSPS) is 11.0. The Morgan fingerprint density at radius 3 is 1.94 bits per heavy atom. The molecule has 5 rings (SSSR count). The summed E-state index contributed by atoms with van der Waals surface area (Å²) < 4.78 is 4.54. The van der Waals surface area contributed by atoms with Gasteiger partial charge < -0.3 is 0 Å². The largest absolute Gasteiger partial charge is 0.294 e. The van der Waals surface area contributed by atoms with Crippen LogP contribution in [0.4, 0.5) is 0 Å². The van der Waals surface area contributed by atoms with Gasteiger partial charge in [0.15, 0.2) is 0 Å². The van der Waals surface area contributed by atoms with Crippen LogP contribution < -0.4 is 4.57 Å². The quantitative estimate of drug-likeness (QED) is 0.282. The first kappa shape index (κ1) is 20.0. The monoisotopic (exact) mass is 415 g/mol. The van der Waals surface area contributed by atoms with Crippen molar-refractivity contribution in [3.63, 3.8) is 0 Å². The zero-order valence-electron chi connectivity index (χ0n) is 18.8. The fraction of sp³-hybridized carbons (Fsp3) is 0.100. The van der Waals surface area contributed by atoms with Gasteiger partial charge in [0.05, 0.1) is 12.6 Å². The molecule has 1 aromatic heterocycles. The van der Waals surface area contributed by atoms with Gasteiger partial charge in [-0.05, 0) is 59.9 Å². The van der Waals surface area contributed by atoms with Gasteiger partial charge >= 0.3 is 0 Å². The van der Waals surface area contributed by atoms with Crippen LogP contribution in [-0.4, -0.2) is 4.57 Å². The van der Waals surface area contributed by atoms with Crippen molar-refractivity contribution < 1.29 is 4.57 Å². The number of benzene rings is 4. The topological polar surface area (TPSA) is 8.81 Å². The maximum Gasteiger partial charge on any atom is 0.294 e. The minimum absolute atomic E-state index is 1.18. The fourth-order valence-corrected chi connectivity index (χ4v) is 4.48. The average Bonchev–Trinajstić information content (AvgIpc) is 3.21. The molecule has 0 saturated carbocycles. The Balaban J connectivity index is 1.80. The maximum atomic E-state index is 2.33. The van der Waals surface area contributed by atoms with E-state index in [1.807, 2.05) is 0 Å². The van der Waals surface area contributed by atoms with Crippen LogP contribution in [0, 0.1) is 13.8 Å². The molecule has 0 radical (unpaired) electrons. The molecule has 5 aromatic rings. The molecule has 32 heavy (non-hydrogen) atoms. The van der Waals surface area contributed by atoms with Gasteiger partial charge in [0.1, 0.15) is 18.1 Å². The van der Waals surface area contributed by atoms with Gasteiger partial charge in [-0.1, -0.05) is 78.9 Å². The van der Waals surface area contributed by atoms with E-state index in [4.69, 9.17) is 0 Å². The van der Waals surface area contributed by atoms with E-state index in [1.54, 1.807) is 0 Å². The van der Waals surface area contributed by atoms with Crippen molar-refractivity contribution >= 4 is 0 Å². The van der Waals surface area contributed by atoms with Crippen LogP contribution in [0.15, 0.2) is 109 Å². The zero-order chi connectivity index (χ0) is 22.1. The van der Waals surface area contributed by atoms with Gasteiger partial charge in [-0.3, -0.25) is 0 Å². The molecule has 0 fully saturated rings. The third-order valence-corrected chi connectivity index (χ3v) is 6.22. The second-order valence-electron chi connectivity index (χ2n) is 8.32. The third kappa shape index (κ3) is 3.54. The molecular formula is C30H27N2+. The molecule has 1 heterocycles. The molecule has 0 amide bonds. The van der Waals surface area contributed by atoms with E-state index in [2.05, 4.69) is 139 Å². The van der Waals surface area contributed by atoms with E-state index >= 15 is 0 Å². The van der Waals surface area contributed by atoms with E-state index < -0.39 is 0 Å². The Bertz CT molecular complexity index is 1380. The van der Waals surface area contributed by atoms with Crippen molar-refractivity contribution in [2.24, 2.45) is 7.05 Å². The molecule has 0 aliphatic heterocycles. The average molecular weight is 416 g/mol. The van der Waals surface area contributed by atoms with Gasteiger partial charge in [0.2, 0.25) is 0 Å². The summed E-state index contributed by atoms with van der Waals surface area (Å²) in [6.45, 7) is 4.41. The predicted octanol–water partition coefficient (Wildman–Crippen LogP) is 6.92. The molecule has 0 bridgehead atoms. The van der Waals surface area contributed by atoms with Crippen molar-refractivity contribution in [2.45, 2.75) is 13.8 Å². The van der Waals surface area contributed by atoms with Crippen LogP contribution in [0.25, 0.3) is 39.3 Å². The zero-order valence-corrected chi connectivity index (χ0v) is 18.8. The van der Waals surface area contributed by atoms with Crippen LogP contribution in [0.2, 0.25) is 0 Å². The van der Waals surface area contributed by atoms with Crippen molar-refractivity contribution in [3.05, 3.63) is 121 Å². The number of aryl methyl sites for hydroxylation is 2.